The highest BCUT2D eigenvalue weighted by Gasteiger charge is 2.04. The second-order valence-electron chi connectivity index (χ2n) is 3.68. The molecule has 17 heavy (non-hydrogen) atoms. The summed E-state index contributed by atoms with van der Waals surface area (Å²) in [7, 11) is 1.63. The number of nitrogens with zero attached hydrogens (tertiary/aromatic N) is 1. The van der Waals surface area contributed by atoms with Gasteiger partial charge in [-0.15, -0.1) is 0 Å². The Morgan fingerprint density at radius 3 is 2.41 bits per heavy atom. The molecule has 0 saturated carbocycles. The number of pyridine rings is 1. The maximum atomic E-state index is 9.80. The molecule has 0 bridgehead atoms. The molecule has 1 N–H and O–H groups in total. The molecular weight excluding hydrogens is 234 g/mol. The first kappa shape index (κ1) is 11.7. The highest BCUT2D eigenvalue weighted by atomic mass is 32.1. The molecule has 0 aliphatic rings. The van der Waals surface area contributed by atoms with Crippen LogP contribution >= 0.6 is 12.2 Å². The first-order chi connectivity index (χ1) is 8.13. The highest BCUT2D eigenvalue weighted by Crippen LogP contribution is 2.22. The Hall–Kier alpha value is -1.81. The Labute approximate surface area is 105 Å². The molecule has 0 saturated heterocycles. The predicted molar refractivity (Wildman–Crippen MR) is 69.6 cm³/mol. The third-order valence-corrected chi connectivity index (χ3v) is 2.99. The Balaban J connectivity index is 2.53. The zero-order valence-corrected chi connectivity index (χ0v) is 10.5. The van der Waals surface area contributed by atoms with Gasteiger partial charge in [0.2, 0.25) is 0 Å². The number of rotatable bonds is 2. The van der Waals surface area contributed by atoms with Crippen LogP contribution in [0.1, 0.15) is 5.69 Å². The molecule has 2 aromatic rings. The van der Waals surface area contributed by atoms with E-state index < -0.39 is 0 Å². The largest absolute Gasteiger partial charge is 0.505 e. The highest BCUT2D eigenvalue weighted by molar-refractivity contribution is 7.71. The van der Waals surface area contributed by atoms with Crippen LogP contribution < -0.4 is 4.74 Å². The average Bonchev–Trinajstić information content (AvgIpc) is 2.36. The molecule has 4 heteroatoms. The smallest absolute Gasteiger partial charge is 0.153 e. The molecule has 0 aliphatic carbocycles. The van der Waals surface area contributed by atoms with Crippen LogP contribution in [0.3, 0.4) is 0 Å². The van der Waals surface area contributed by atoms with Crippen molar-refractivity contribution in [3.8, 4) is 17.2 Å². The topological polar surface area (TPSA) is 34.4 Å². The number of hydrogen-bond acceptors (Lipinski definition) is 3. The van der Waals surface area contributed by atoms with Gasteiger partial charge in [-0.2, -0.15) is 0 Å². The number of aromatic nitrogens is 1. The van der Waals surface area contributed by atoms with Crippen molar-refractivity contribution in [2.24, 2.45) is 0 Å². The fourth-order valence-electron chi connectivity index (χ4n) is 1.65. The van der Waals surface area contributed by atoms with Crippen LogP contribution in [0.25, 0.3) is 5.69 Å². The molecular formula is C13H13NO2S. The van der Waals surface area contributed by atoms with Crippen LogP contribution in [0.4, 0.5) is 0 Å². The van der Waals surface area contributed by atoms with Gasteiger partial charge in [-0.05, 0) is 37.3 Å². The maximum absolute atomic E-state index is 9.80. The van der Waals surface area contributed by atoms with Crippen molar-refractivity contribution in [1.29, 1.82) is 0 Å². The van der Waals surface area contributed by atoms with E-state index in [0.717, 1.165) is 17.1 Å². The van der Waals surface area contributed by atoms with E-state index in [1.807, 2.05) is 42.0 Å². The Morgan fingerprint density at radius 1 is 1.18 bits per heavy atom. The SMILES string of the molecule is COc1ccc(-n2ccc(=S)c(O)c2C)cc1. The van der Waals surface area contributed by atoms with Gasteiger partial charge >= 0.3 is 0 Å². The van der Waals surface area contributed by atoms with E-state index in [9.17, 15) is 5.11 Å². The summed E-state index contributed by atoms with van der Waals surface area (Å²) in [5.74, 6) is 0.953. The van der Waals surface area contributed by atoms with Crippen molar-refractivity contribution in [2.75, 3.05) is 7.11 Å². The lowest BCUT2D eigenvalue weighted by Gasteiger charge is -2.12. The zero-order chi connectivity index (χ0) is 12.4. The van der Waals surface area contributed by atoms with Gasteiger partial charge in [0, 0.05) is 11.9 Å². The van der Waals surface area contributed by atoms with Crippen LogP contribution in [0.5, 0.6) is 11.5 Å². The van der Waals surface area contributed by atoms with Crippen molar-refractivity contribution in [3.63, 3.8) is 0 Å². The molecule has 0 aliphatic heterocycles. The first-order valence-corrected chi connectivity index (χ1v) is 5.60. The fraction of sp³-hybridized carbons (Fsp3) is 0.154. The Morgan fingerprint density at radius 2 is 1.82 bits per heavy atom. The van der Waals surface area contributed by atoms with Crippen molar-refractivity contribution in [2.45, 2.75) is 6.92 Å². The standard InChI is InChI=1S/C13H13NO2S/c1-9-13(15)12(17)7-8-14(9)10-3-5-11(16-2)6-4-10/h3-8,15H,1-2H3. The van der Waals surface area contributed by atoms with Gasteiger partial charge in [0.1, 0.15) is 5.75 Å². The van der Waals surface area contributed by atoms with Gasteiger partial charge in [-0.3, -0.25) is 0 Å². The van der Waals surface area contributed by atoms with E-state index in [2.05, 4.69) is 0 Å². The lowest BCUT2D eigenvalue weighted by molar-refractivity contribution is 0.414. The van der Waals surface area contributed by atoms with Crippen molar-refractivity contribution in [1.82, 2.24) is 4.57 Å². The molecule has 0 radical (unpaired) electrons. The summed E-state index contributed by atoms with van der Waals surface area (Å²) >= 11 is 5.01. The minimum Gasteiger partial charge on any atom is -0.505 e. The molecule has 0 atom stereocenters. The summed E-state index contributed by atoms with van der Waals surface area (Å²) < 4.78 is 7.45. The van der Waals surface area contributed by atoms with Crippen LogP contribution in [0, 0.1) is 11.4 Å². The lowest BCUT2D eigenvalue weighted by atomic mass is 10.2. The van der Waals surface area contributed by atoms with Gasteiger partial charge in [-0.25, -0.2) is 0 Å². The van der Waals surface area contributed by atoms with E-state index >= 15 is 0 Å². The molecule has 0 spiro atoms. The van der Waals surface area contributed by atoms with Gasteiger partial charge in [-0.1, -0.05) is 12.2 Å². The maximum Gasteiger partial charge on any atom is 0.153 e. The first-order valence-electron chi connectivity index (χ1n) is 5.19. The second-order valence-corrected chi connectivity index (χ2v) is 4.12. The van der Waals surface area contributed by atoms with E-state index in [-0.39, 0.29) is 5.75 Å². The molecule has 2 rings (SSSR count). The quantitative estimate of drug-likeness (QED) is 0.827. The van der Waals surface area contributed by atoms with Crippen molar-refractivity contribution >= 4 is 12.2 Å². The monoisotopic (exact) mass is 247 g/mol. The summed E-state index contributed by atoms with van der Waals surface area (Å²) in [4.78, 5) is 0. The van der Waals surface area contributed by atoms with E-state index in [1.165, 1.54) is 0 Å². The van der Waals surface area contributed by atoms with E-state index in [1.54, 1.807) is 13.2 Å². The van der Waals surface area contributed by atoms with Gasteiger partial charge < -0.3 is 14.4 Å². The Kier molecular flexibility index (Phi) is 3.15. The number of methoxy groups -OCH3 is 1. The minimum atomic E-state index is 0.151. The summed E-state index contributed by atoms with van der Waals surface area (Å²) in [6, 6.07) is 9.31. The fourth-order valence-corrected chi connectivity index (χ4v) is 1.86. The van der Waals surface area contributed by atoms with Crippen molar-refractivity contribution < 1.29 is 9.84 Å². The zero-order valence-electron chi connectivity index (χ0n) is 9.68. The molecule has 1 aromatic heterocycles. The average molecular weight is 247 g/mol. The molecule has 3 nitrogen and oxygen atoms in total. The van der Waals surface area contributed by atoms with Gasteiger partial charge in [0.15, 0.2) is 5.75 Å². The second kappa shape index (κ2) is 4.59. The Bertz CT molecular complexity index is 587. The third-order valence-electron chi connectivity index (χ3n) is 2.66. The molecule has 0 amide bonds. The molecule has 1 aromatic carbocycles. The molecule has 0 fully saturated rings. The lowest BCUT2D eigenvalue weighted by Crippen LogP contribution is -1.99. The summed E-state index contributed by atoms with van der Waals surface area (Å²) in [5, 5.41) is 9.80. The summed E-state index contributed by atoms with van der Waals surface area (Å²) in [6.07, 6.45) is 1.85. The number of ether oxygens (including phenoxy) is 1. The summed E-state index contributed by atoms with van der Waals surface area (Å²) in [6.45, 7) is 1.83. The predicted octanol–water partition coefficient (Wildman–Crippen LogP) is 3.23. The minimum absolute atomic E-state index is 0.151. The normalized spacial score (nSPS) is 10.2. The van der Waals surface area contributed by atoms with Crippen LogP contribution in [0.2, 0.25) is 0 Å². The summed E-state index contributed by atoms with van der Waals surface area (Å²) in [5.41, 5.74) is 1.68. The number of aromatic hydroxyl groups is 1. The van der Waals surface area contributed by atoms with Crippen LogP contribution in [-0.2, 0) is 0 Å². The van der Waals surface area contributed by atoms with Gasteiger partial charge in [0.05, 0.1) is 17.3 Å². The molecule has 0 unspecified atom stereocenters. The number of hydrogen-bond donors (Lipinski definition) is 1. The van der Waals surface area contributed by atoms with Crippen LogP contribution in [0.15, 0.2) is 36.5 Å². The molecule has 88 valence electrons. The number of benzene rings is 1. The third kappa shape index (κ3) is 2.17. The van der Waals surface area contributed by atoms with E-state index in [4.69, 9.17) is 17.0 Å². The van der Waals surface area contributed by atoms with Gasteiger partial charge in [0.25, 0.3) is 0 Å². The van der Waals surface area contributed by atoms with Crippen LogP contribution in [-0.4, -0.2) is 16.8 Å². The van der Waals surface area contributed by atoms with E-state index in [0.29, 0.717) is 4.51 Å². The molecule has 1 heterocycles. The van der Waals surface area contributed by atoms with Crippen molar-refractivity contribution in [3.05, 3.63) is 46.7 Å².